The first kappa shape index (κ1) is 21.1. The molecule has 0 amide bonds. The molecule has 4 nitrogen and oxygen atoms in total. The minimum atomic E-state index is 0.116. The molecule has 0 unspecified atom stereocenters. The standard InChI is InChI=1S/C27H29N3OS/c1-18-9-10-21(15-19(18)2)23-17-32-26-25(23)27(31)30(22-11-13-29(3)14-12-22)24(28-26)16-20-7-5-4-6-8-20/h4-10,15,17,22H,11-14,16H2,1-3H3. The molecule has 3 heterocycles. The molecule has 1 aliphatic rings. The summed E-state index contributed by atoms with van der Waals surface area (Å²) in [7, 11) is 2.15. The number of benzene rings is 2. The predicted octanol–water partition coefficient (Wildman–Crippen LogP) is 5.60. The smallest absolute Gasteiger partial charge is 0.263 e. The molecule has 32 heavy (non-hydrogen) atoms. The van der Waals surface area contributed by atoms with E-state index in [1.165, 1.54) is 16.7 Å². The average Bonchev–Trinajstić information content (AvgIpc) is 3.22. The molecule has 0 atom stereocenters. The van der Waals surface area contributed by atoms with E-state index in [1.54, 1.807) is 11.3 Å². The van der Waals surface area contributed by atoms with Crippen molar-refractivity contribution in [1.82, 2.24) is 14.5 Å². The first-order valence-corrected chi connectivity index (χ1v) is 12.2. The Balaban J connectivity index is 1.68. The Hall–Kier alpha value is -2.76. The monoisotopic (exact) mass is 443 g/mol. The summed E-state index contributed by atoms with van der Waals surface area (Å²) < 4.78 is 2.03. The second kappa shape index (κ2) is 8.64. The van der Waals surface area contributed by atoms with Gasteiger partial charge in [-0.1, -0.05) is 48.5 Å². The van der Waals surface area contributed by atoms with E-state index in [4.69, 9.17) is 4.98 Å². The molecular weight excluding hydrogens is 414 g/mol. The minimum Gasteiger partial charge on any atom is -0.306 e. The molecule has 0 bridgehead atoms. The van der Waals surface area contributed by atoms with Crippen LogP contribution < -0.4 is 5.56 Å². The van der Waals surface area contributed by atoms with Crippen LogP contribution in [0.25, 0.3) is 21.3 Å². The highest BCUT2D eigenvalue weighted by Crippen LogP contribution is 2.33. The van der Waals surface area contributed by atoms with Crippen molar-refractivity contribution < 1.29 is 0 Å². The van der Waals surface area contributed by atoms with Gasteiger partial charge in [0.15, 0.2) is 0 Å². The third kappa shape index (κ3) is 3.91. The molecule has 1 aliphatic heterocycles. The van der Waals surface area contributed by atoms with Crippen LogP contribution >= 0.6 is 11.3 Å². The topological polar surface area (TPSA) is 38.1 Å². The second-order valence-electron chi connectivity index (χ2n) is 9.03. The van der Waals surface area contributed by atoms with Crippen LogP contribution in [-0.4, -0.2) is 34.6 Å². The Kier molecular flexibility index (Phi) is 5.70. The Labute approximate surface area is 193 Å². The summed E-state index contributed by atoms with van der Waals surface area (Å²) in [4.78, 5) is 22.3. The van der Waals surface area contributed by atoms with Crippen LogP contribution in [0.15, 0.2) is 58.7 Å². The largest absolute Gasteiger partial charge is 0.306 e. The van der Waals surface area contributed by atoms with Crippen molar-refractivity contribution >= 4 is 21.6 Å². The minimum absolute atomic E-state index is 0.116. The number of fused-ring (bicyclic) bond motifs is 1. The van der Waals surface area contributed by atoms with Gasteiger partial charge >= 0.3 is 0 Å². The number of piperidine rings is 1. The molecule has 1 fully saturated rings. The van der Waals surface area contributed by atoms with Crippen LogP contribution in [0, 0.1) is 13.8 Å². The number of nitrogens with zero attached hydrogens (tertiary/aromatic N) is 3. The van der Waals surface area contributed by atoms with E-state index >= 15 is 0 Å². The van der Waals surface area contributed by atoms with Crippen molar-refractivity contribution in [3.63, 3.8) is 0 Å². The molecule has 0 aliphatic carbocycles. The van der Waals surface area contributed by atoms with Crippen LogP contribution in [0.5, 0.6) is 0 Å². The zero-order valence-electron chi connectivity index (χ0n) is 19.0. The fourth-order valence-corrected chi connectivity index (χ4v) is 5.66. The van der Waals surface area contributed by atoms with E-state index in [2.05, 4.69) is 73.6 Å². The van der Waals surface area contributed by atoms with Gasteiger partial charge in [-0.2, -0.15) is 0 Å². The summed E-state index contributed by atoms with van der Waals surface area (Å²) in [6, 6.07) is 17.0. The molecule has 5 rings (SSSR count). The quantitative estimate of drug-likeness (QED) is 0.412. The lowest BCUT2D eigenvalue weighted by atomic mass is 10.00. The van der Waals surface area contributed by atoms with Crippen molar-refractivity contribution in [3.05, 3.63) is 86.8 Å². The van der Waals surface area contributed by atoms with E-state index in [0.29, 0.717) is 6.42 Å². The van der Waals surface area contributed by atoms with Gasteiger partial charge in [-0.25, -0.2) is 4.98 Å². The van der Waals surface area contributed by atoms with Gasteiger partial charge in [-0.05, 0) is 69.1 Å². The highest BCUT2D eigenvalue weighted by atomic mass is 32.1. The second-order valence-corrected chi connectivity index (χ2v) is 9.89. The van der Waals surface area contributed by atoms with Crippen LogP contribution in [0.4, 0.5) is 0 Å². The molecule has 2 aromatic heterocycles. The summed E-state index contributed by atoms with van der Waals surface area (Å²) in [5, 5.41) is 2.88. The molecule has 0 N–H and O–H groups in total. The number of thiophene rings is 1. The maximum Gasteiger partial charge on any atom is 0.263 e. The number of likely N-dealkylation sites (tertiary alicyclic amines) is 1. The van der Waals surface area contributed by atoms with Gasteiger partial charge in [0, 0.05) is 23.4 Å². The summed E-state index contributed by atoms with van der Waals surface area (Å²) >= 11 is 1.58. The fraction of sp³-hybridized carbons (Fsp3) is 0.333. The SMILES string of the molecule is Cc1ccc(-c2csc3nc(Cc4ccccc4)n(C4CCN(C)CC4)c(=O)c23)cc1C. The van der Waals surface area contributed by atoms with Crippen LogP contribution in [0.2, 0.25) is 0 Å². The maximum atomic E-state index is 14.0. The van der Waals surface area contributed by atoms with Crippen molar-refractivity contribution in [2.75, 3.05) is 20.1 Å². The van der Waals surface area contributed by atoms with Gasteiger partial charge in [0.05, 0.1) is 5.39 Å². The van der Waals surface area contributed by atoms with E-state index in [9.17, 15) is 4.79 Å². The third-order valence-corrected chi connectivity index (χ3v) is 7.66. The lowest BCUT2D eigenvalue weighted by Gasteiger charge is -2.31. The fourth-order valence-electron chi connectivity index (χ4n) is 4.70. The lowest BCUT2D eigenvalue weighted by molar-refractivity contribution is 0.216. The number of aromatic nitrogens is 2. The maximum absolute atomic E-state index is 14.0. The Morgan fingerprint density at radius 2 is 1.78 bits per heavy atom. The molecular formula is C27H29N3OS. The average molecular weight is 444 g/mol. The predicted molar refractivity (Wildman–Crippen MR) is 134 cm³/mol. The zero-order valence-corrected chi connectivity index (χ0v) is 19.8. The van der Waals surface area contributed by atoms with E-state index in [0.717, 1.165) is 53.1 Å². The summed E-state index contributed by atoms with van der Waals surface area (Å²) in [5.74, 6) is 0.886. The third-order valence-electron chi connectivity index (χ3n) is 6.79. The van der Waals surface area contributed by atoms with E-state index in [1.807, 2.05) is 10.6 Å². The first-order valence-electron chi connectivity index (χ1n) is 11.3. The Morgan fingerprint density at radius 3 is 2.50 bits per heavy atom. The normalized spacial score (nSPS) is 15.5. The Bertz CT molecular complexity index is 1310. The van der Waals surface area contributed by atoms with Gasteiger partial charge in [-0.15, -0.1) is 11.3 Å². The van der Waals surface area contributed by atoms with Crippen LogP contribution in [0.3, 0.4) is 0 Å². The molecule has 164 valence electrons. The molecule has 0 spiro atoms. The molecule has 2 aromatic carbocycles. The highest BCUT2D eigenvalue weighted by molar-refractivity contribution is 7.17. The van der Waals surface area contributed by atoms with E-state index < -0.39 is 0 Å². The summed E-state index contributed by atoms with van der Waals surface area (Å²) in [6.45, 7) is 6.26. The van der Waals surface area contributed by atoms with Gasteiger partial charge in [0.25, 0.3) is 5.56 Å². The Morgan fingerprint density at radius 1 is 1.03 bits per heavy atom. The first-order chi connectivity index (χ1) is 15.5. The summed E-state index contributed by atoms with van der Waals surface area (Å²) in [6.07, 6.45) is 2.64. The van der Waals surface area contributed by atoms with Gasteiger partial charge in [-0.3, -0.25) is 9.36 Å². The van der Waals surface area contributed by atoms with Crippen LogP contribution in [-0.2, 0) is 6.42 Å². The van der Waals surface area contributed by atoms with Crippen molar-refractivity contribution in [2.45, 2.75) is 39.2 Å². The molecule has 0 saturated carbocycles. The van der Waals surface area contributed by atoms with Gasteiger partial charge in [0.1, 0.15) is 10.7 Å². The summed E-state index contributed by atoms with van der Waals surface area (Å²) in [5.41, 5.74) is 5.92. The van der Waals surface area contributed by atoms with Gasteiger partial charge in [0.2, 0.25) is 0 Å². The molecule has 0 radical (unpaired) electrons. The van der Waals surface area contributed by atoms with E-state index in [-0.39, 0.29) is 11.6 Å². The number of aryl methyl sites for hydroxylation is 2. The molecule has 1 saturated heterocycles. The van der Waals surface area contributed by atoms with Gasteiger partial charge < -0.3 is 4.90 Å². The highest BCUT2D eigenvalue weighted by Gasteiger charge is 2.25. The number of hydrogen-bond acceptors (Lipinski definition) is 4. The number of rotatable bonds is 4. The van der Waals surface area contributed by atoms with Crippen molar-refractivity contribution in [3.8, 4) is 11.1 Å². The lowest BCUT2D eigenvalue weighted by Crippen LogP contribution is -2.37. The molecule has 5 heteroatoms. The molecule has 4 aromatic rings. The van der Waals surface area contributed by atoms with Crippen LogP contribution in [0.1, 0.15) is 41.4 Å². The van der Waals surface area contributed by atoms with Crippen molar-refractivity contribution in [2.24, 2.45) is 0 Å². The zero-order chi connectivity index (χ0) is 22.2. The van der Waals surface area contributed by atoms with Crippen molar-refractivity contribution in [1.29, 1.82) is 0 Å². The number of hydrogen-bond donors (Lipinski definition) is 0.